The van der Waals surface area contributed by atoms with Crippen LogP contribution in [0.4, 0.5) is 0 Å². The van der Waals surface area contributed by atoms with Crippen LogP contribution in [-0.2, 0) is 11.2 Å². The molecule has 0 aromatic heterocycles. The zero-order chi connectivity index (χ0) is 14.8. The summed E-state index contributed by atoms with van der Waals surface area (Å²) in [5.74, 6) is 0. The second-order valence-electron chi connectivity index (χ2n) is 4.99. The van der Waals surface area contributed by atoms with Gasteiger partial charge in [0.1, 0.15) is 5.60 Å². The Bertz CT molecular complexity index is 506. The molecule has 1 fully saturated rings. The molecule has 1 aliphatic rings. The molecule has 3 N–H and O–H groups in total. The van der Waals surface area contributed by atoms with E-state index in [1.807, 2.05) is 6.07 Å². The minimum Gasteiger partial charge on any atom is -0.389 e. The fourth-order valence-electron chi connectivity index (χ4n) is 2.43. The summed E-state index contributed by atoms with van der Waals surface area (Å²) < 4.78 is 5.19. The quantitative estimate of drug-likeness (QED) is 0.429. The van der Waals surface area contributed by atoms with Gasteiger partial charge in [0, 0.05) is 11.3 Å². The van der Waals surface area contributed by atoms with E-state index >= 15 is 0 Å². The summed E-state index contributed by atoms with van der Waals surface area (Å²) in [5.41, 5.74) is 7.33. The van der Waals surface area contributed by atoms with Gasteiger partial charge in [0.25, 0.3) is 0 Å². The maximum absolute atomic E-state index is 10.6. The highest BCUT2D eigenvalue weighted by Gasteiger charge is 2.53. The normalized spacial score (nSPS) is 37.2. The van der Waals surface area contributed by atoms with Crippen LogP contribution in [0.15, 0.2) is 35.4 Å². The number of aliphatic hydroxyl groups excluding tert-OH is 2. The third-order valence-electron chi connectivity index (χ3n) is 3.60. The second kappa shape index (κ2) is 5.78. The number of ether oxygens (including phenoxy) is 1. The fourth-order valence-corrected chi connectivity index (χ4v) is 2.43. The molecule has 1 saturated heterocycles. The first-order chi connectivity index (χ1) is 9.49. The number of hydrogen-bond donors (Lipinski definition) is 3. The molecule has 0 unspecified atom stereocenters. The van der Waals surface area contributed by atoms with Gasteiger partial charge in [-0.1, -0.05) is 35.4 Å². The number of rotatable bonds is 3. The zero-order valence-electron chi connectivity index (χ0n) is 11.0. The zero-order valence-corrected chi connectivity index (χ0v) is 11.0. The monoisotopic (exact) mass is 279 g/mol. The largest absolute Gasteiger partial charge is 0.389 e. The van der Waals surface area contributed by atoms with Crippen molar-refractivity contribution in [1.29, 1.82) is 0 Å². The first-order valence-corrected chi connectivity index (χ1v) is 6.31. The highest BCUT2D eigenvalue weighted by molar-refractivity contribution is 5.19. The van der Waals surface area contributed by atoms with Crippen LogP contribution in [0.2, 0.25) is 0 Å². The highest BCUT2D eigenvalue weighted by Crippen LogP contribution is 2.33. The maximum Gasteiger partial charge on any atom is 0.186 e. The molecule has 1 heterocycles. The fraction of sp³-hybridized carbons (Fsp3) is 0.538. The van der Waals surface area contributed by atoms with E-state index in [1.165, 1.54) is 0 Å². The minimum absolute atomic E-state index is 0.0135. The van der Waals surface area contributed by atoms with Crippen molar-refractivity contribution in [1.82, 2.24) is 0 Å². The molecule has 1 aliphatic heterocycles. The van der Waals surface area contributed by atoms with E-state index in [-0.39, 0.29) is 6.42 Å². The lowest BCUT2D eigenvalue weighted by molar-refractivity contribution is -0.298. The van der Waals surface area contributed by atoms with Crippen molar-refractivity contribution in [3.63, 3.8) is 0 Å². The summed E-state index contributed by atoms with van der Waals surface area (Å²) in [7, 11) is 0. The van der Waals surface area contributed by atoms with Crippen LogP contribution >= 0.6 is 0 Å². The molecule has 20 heavy (non-hydrogen) atoms. The maximum atomic E-state index is 10.6. The van der Waals surface area contributed by atoms with Crippen LogP contribution < -0.4 is 0 Å². The molecular formula is C13H17N3O4. The number of hydrogen-bond acceptors (Lipinski definition) is 5. The van der Waals surface area contributed by atoms with E-state index in [9.17, 15) is 15.3 Å². The van der Waals surface area contributed by atoms with Crippen LogP contribution in [0.1, 0.15) is 12.5 Å². The van der Waals surface area contributed by atoms with E-state index in [0.717, 1.165) is 5.56 Å². The van der Waals surface area contributed by atoms with Crippen LogP contribution in [0.3, 0.4) is 0 Å². The molecule has 1 aromatic rings. The van der Waals surface area contributed by atoms with Crippen LogP contribution in [0.25, 0.3) is 10.4 Å². The molecule has 1 aromatic carbocycles. The van der Waals surface area contributed by atoms with Crippen molar-refractivity contribution in [3.05, 3.63) is 46.3 Å². The van der Waals surface area contributed by atoms with Crippen LogP contribution in [0, 0.1) is 0 Å². The van der Waals surface area contributed by atoms with E-state index < -0.39 is 30.1 Å². The molecular weight excluding hydrogens is 262 g/mol. The lowest BCUT2D eigenvalue weighted by Crippen LogP contribution is -2.65. The van der Waals surface area contributed by atoms with Gasteiger partial charge in [0.05, 0.1) is 18.2 Å². The van der Waals surface area contributed by atoms with Crippen molar-refractivity contribution >= 4 is 0 Å². The third kappa shape index (κ3) is 2.63. The van der Waals surface area contributed by atoms with E-state index in [1.54, 1.807) is 31.2 Å². The van der Waals surface area contributed by atoms with E-state index in [4.69, 9.17) is 10.3 Å². The van der Waals surface area contributed by atoms with Crippen molar-refractivity contribution < 1.29 is 20.1 Å². The SMILES string of the molecule is C[C@H]1O[C@H](O)[C@](O)(Cc2ccccc2)[C@@H](O)[C@@H]1N=[N+]=[N-]. The average molecular weight is 279 g/mol. The van der Waals surface area contributed by atoms with Gasteiger partial charge in [-0.3, -0.25) is 0 Å². The van der Waals surface area contributed by atoms with E-state index in [0.29, 0.717) is 0 Å². The first kappa shape index (κ1) is 14.8. The lowest BCUT2D eigenvalue weighted by Gasteiger charge is -2.46. The Morgan fingerprint density at radius 2 is 2.00 bits per heavy atom. The Hall–Kier alpha value is -1.63. The summed E-state index contributed by atoms with van der Waals surface area (Å²) in [5, 5.41) is 34.2. The molecule has 7 heteroatoms. The highest BCUT2D eigenvalue weighted by atomic mass is 16.6. The number of azide groups is 1. The Morgan fingerprint density at radius 3 is 2.60 bits per heavy atom. The summed E-state index contributed by atoms with van der Waals surface area (Å²) in [6.45, 7) is 1.56. The molecule has 0 radical (unpaired) electrons. The Labute approximate surface area is 116 Å². The van der Waals surface area contributed by atoms with E-state index in [2.05, 4.69) is 10.0 Å². The van der Waals surface area contributed by atoms with Gasteiger partial charge in [-0.25, -0.2) is 0 Å². The van der Waals surface area contributed by atoms with Gasteiger partial charge < -0.3 is 20.1 Å². The molecule has 0 amide bonds. The predicted octanol–water partition coefficient (Wildman–Crippen LogP) is 0.737. The molecule has 0 bridgehead atoms. The summed E-state index contributed by atoms with van der Waals surface area (Å²) in [4.78, 5) is 2.65. The van der Waals surface area contributed by atoms with Crippen LogP contribution in [0.5, 0.6) is 0 Å². The van der Waals surface area contributed by atoms with Crippen molar-refractivity contribution in [2.24, 2.45) is 5.11 Å². The smallest absolute Gasteiger partial charge is 0.186 e. The Morgan fingerprint density at radius 1 is 1.35 bits per heavy atom. The lowest BCUT2D eigenvalue weighted by atomic mass is 9.81. The number of aliphatic hydroxyl groups is 3. The van der Waals surface area contributed by atoms with Crippen molar-refractivity contribution in [2.75, 3.05) is 0 Å². The molecule has 0 aliphatic carbocycles. The molecule has 2 rings (SSSR count). The number of benzene rings is 1. The molecule has 0 spiro atoms. The van der Waals surface area contributed by atoms with Gasteiger partial charge in [-0.15, -0.1) is 0 Å². The standard InChI is InChI=1S/C13H17N3O4/c1-8-10(15-16-14)11(17)13(19,12(18)20-8)7-9-5-3-2-4-6-9/h2-6,8,10-12,17-19H,7H2,1H3/t8-,10-,11+,12+,13+/m1/s1. The predicted molar refractivity (Wildman–Crippen MR) is 70.6 cm³/mol. The Balaban J connectivity index is 2.29. The molecule has 108 valence electrons. The van der Waals surface area contributed by atoms with Gasteiger partial charge in [0.15, 0.2) is 6.29 Å². The molecule has 5 atom stereocenters. The molecule has 0 saturated carbocycles. The van der Waals surface area contributed by atoms with Crippen LogP contribution in [-0.4, -0.2) is 45.5 Å². The van der Waals surface area contributed by atoms with Crippen molar-refractivity contribution in [2.45, 2.75) is 43.5 Å². The summed E-state index contributed by atoms with van der Waals surface area (Å²) >= 11 is 0. The molecule has 7 nitrogen and oxygen atoms in total. The Kier molecular flexibility index (Phi) is 4.27. The van der Waals surface area contributed by atoms with Gasteiger partial charge in [-0.05, 0) is 18.0 Å². The summed E-state index contributed by atoms with van der Waals surface area (Å²) in [6.07, 6.45) is -3.68. The minimum atomic E-state index is -1.92. The van der Waals surface area contributed by atoms with Gasteiger partial charge in [-0.2, -0.15) is 0 Å². The second-order valence-corrected chi connectivity index (χ2v) is 4.99. The third-order valence-corrected chi connectivity index (χ3v) is 3.60. The number of nitrogens with zero attached hydrogens (tertiary/aromatic N) is 3. The van der Waals surface area contributed by atoms with Crippen molar-refractivity contribution in [3.8, 4) is 0 Å². The van der Waals surface area contributed by atoms with Gasteiger partial charge >= 0.3 is 0 Å². The van der Waals surface area contributed by atoms with Gasteiger partial charge in [0.2, 0.25) is 0 Å². The summed E-state index contributed by atoms with van der Waals surface area (Å²) in [6, 6.07) is 7.96. The average Bonchev–Trinajstić information content (AvgIpc) is 2.43. The topological polar surface area (TPSA) is 119 Å². The first-order valence-electron chi connectivity index (χ1n) is 6.31.